The summed E-state index contributed by atoms with van der Waals surface area (Å²) in [6.07, 6.45) is 1.10. The van der Waals surface area contributed by atoms with Gasteiger partial charge >= 0.3 is 0 Å². The van der Waals surface area contributed by atoms with Crippen molar-refractivity contribution in [2.75, 3.05) is 5.32 Å². The van der Waals surface area contributed by atoms with Crippen LogP contribution >= 0.6 is 0 Å². The van der Waals surface area contributed by atoms with E-state index in [9.17, 15) is 9.90 Å². The van der Waals surface area contributed by atoms with Crippen LogP contribution in [0.1, 0.15) is 23.1 Å². The maximum atomic E-state index is 11.9. The number of benzene rings is 2. The molecule has 0 saturated carbocycles. The van der Waals surface area contributed by atoms with E-state index in [0.717, 1.165) is 0 Å². The molecule has 0 aromatic heterocycles. The molecule has 0 unspecified atom stereocenters. The zero-order valence-corrected chi connectivity index (χ0v) is 11.8. The third-order valence-corrected chi connectivity index (χ3v) is 3.30. The summed E-state index contributed by atoms with van der Waals surface area (Å²) >= 11 is 0. The minimum Gasteiger partial charge on any atom is -0.506 e. The van der Waals surface area contributed by atoms with Crippen LogP contribution in [0.2, 0.25) is 0 Å². The number of anilines is 1. The van der Waals surface area contributed by atoms with Gasteiger partial charge in [0, 0.05) is 6.42 Å². The van der Waals surface area contributed by atoms with Gasteiger partial charge in [0.15, 0.2) is 0 Å². The van der Waals surface area contributed by atoms with Crippen molar-refractivity contribution in [3.63, 3.8) is 0 Å². The monoisotopic (exact) mass is 269 g/mol. The summed E-state index contributed by atoms with van der Waals surface area (Å²) in [7, 11) is 0. The first kappa shape index (κ1) is 14.1. The van der Waals surface area contributed by atoms with Crippen molar-refractivity contribution in [1.29, 1.82) is 0 Å². The Morgan fingerprint density at radius 1 is 1.15 bits per heavy atom. The molecule has 0 radical (unpaired) electrons. The third kappa shape index (κ3) is 3.60. The Morgan fingerprint density at radius 2 is 1.90 bits per heavy atom. The predicted molar refractivity (Wildman–Crippen MR) is 81.0 cm³/mol. The number of aromatic hydroxyl groups is 1. The molecule has 0 aliphatic heterocycles. The van der Waals surface area contributed by atoms with Gasteiger partial charge in [-0.25, -0.2) is 0 Å². The number of aryl methyl sites for hydroxylation is 3. The van der Waals surface area contributed by atoms with E-state index in [1.54, 1.807) is 24.3 Å². The van der Waals surface area contributed by atoms with Gasteiger partial charge < -0.3 is 10.4 Å². The van der Waals surface area contributed by atoms with Crippen LogP contribution in [-0.4, -0.2) is 11.0 Å². The Hall–Kier alpha value is -2.29. The lowest BCUT2D eigenvalue weighted by Crippen LogP contribution is -2.12. The highest BCUT2D eigenvalue weighted by Gasteiger charge is 2.07. The van der Waals surface area contributed by atoms with Crippen LogP contribution < -0.4 is 5.32 Å². The fourth-order valence-electron chi connectivity index (χ4n) is 2.17. The van der Waals surface area contributed by atoms with Crippen LogP contribution in [0.4, 0.5) is 5.69 Å². The van der Waals surface area contributed by atoms with Crippen molar-refractivity contribution in [3.05, 3.63) is 59.2 Å². The SMILES string of the molecule is Cc1ccc(CCC(=O)Nc2ccccc2O)c(C)c1. The Bertz CT molecular complexity index is 620. The zero-order chi connectivity index (χ0) is 14.5. The Morgan fingerprint density at radius 3 is 2.60 bits per heavy atom. The van der Waals surface area contributed by atoms with E-state index in [1.165, 1.54) is 16.7 Å². The highest BCUT2D eigenvalue weighted by molar-refractivity contribution is 5.92. The highest BCUT2D eigenvalue weighted by atomic mass is 16.3. The molecule has 0 spiro atoms. The lowest BCUT2D eigenvalue weighted by atomic mass is 10.0. The maximum absolute atomic E-state index is 11.9. The molecule has 0 heterocycles. The molecule has 2 N–H and O–H groups in total. The van der Waals surface area contributed by atoms with E-state index >= 15 is 0 Å². The van der Waals surface area contributed by atoms with Crippen LogP contribution in [-0.2, 0) is 11.2 Å². The largest absolute Gasteiger partial charge is 0.506 e. The number of carbonyl (C=O) groups is 1. The summed E-state index contributed by atoms with van der Waals surface area (Å²) in [5, 5.41) is 12.3. The normalized spacial score (nSPS) is 10.3. The van der Waals surface area contributed by atoms with E-state index < -0.39 is 0 Å². The topological polar surface area (TPSA) is 49.3 Å². The second-order valence-corrected chi connectivity index (χ2v) is 5.00. The Kier molecular flexibility index (Phi) is 4.41. The molecule has 3 heteroatoms. The standard InChI is InChI=1S/C17H19NO2/c1-12-7-8-14(13(2)11-12)9-10-17(20)18-15-5-3-4-6-16(15)19/h3-8,11,19H,9-10H2,1-2H3,(H,18,20). The Balaban J connectivity index is 1.94. The van der Waals surface area contributed by atoms with Crippen molar-refractivity contribution in [1.82, 2.24) is 0 Å². The number of nitrogens with one attached hydrogen (secondary N) is 1. The quantitative estimate of drug-likeness (QED) is 0.833. The number of rotatable bonds is 4. The zero-order valence-electron chi connectivity index (χ0n) is 11.8. The van der Waals surface area contributed by atoms with Crippen LogP contribution in [0, 0.1) is 13.8 Å². The maximum Gasteiger partial charge on any atom is 0.224 e. The fourth-order valence-corrected chi connectivity index (χ4v) is 2.17. The Labute approximate surface area is 119 Å². The first-order valence-corrected chi connectivity index (χ1v) is 6.70. The molecule has 2 rings (SSSR count). The van der Waals surface area contributed by atoms with Crippen molar-refractivity contribution in [3.8, 4) is 5.75 Å². The van der Waals surface area contributed by atoms with Gasteiger partial charge in [0.2, 0.25) is 5.91 Å². The van der Waals surface area contributed by atoms with Gasteiger partial charge in [0.25, 0.3) is 0 Å². The molecule has 0 bridgehead atoms. The predicted octanol–water partition coefficient (Wildman–Crippen LogP) is 3.58. The van der Waals surface area contributed by atoms with Crippen LogP contribution in [0.15, 0.2) is 42.5 Å². The molecule has 20 heavy (non-hydrogen) atoms. The van der Waals surface area contributed by atoms with Gasteiger partial charge in [-0.3, -0.25) is 4.79 Å². The van der Waals surface area contributed by atoms with E-state index in [-0.39, 0.29) is 11.7 Å². The van der Waals surface area contributed by atoms with Crippen molar-refractivity contribution in [2.45, 2.75) is 26.7 Å². The summed E-state index contributed by atoms with van der Waals surface area (Å²) in [4.78, 5) is 11.9. The number of hydrogen-bond donors (Lipinski definition) is 2. The number of para-hydroxylation sites is 2. The van der Waals surface area contributed by atoms with E-state index in [4.69, 9.17) is 0 Å². The number of hydrogen-bond acceptors (Lipinski definition) is 2. The highest BCUT2D eigenvalue weighted by Crippen LogP contribution is 2.22. The van der Waals surface area contributed by atoms with Gasteiger partial charge in [-0.2, -0.15) is 0 Å². The lowest BCUT2D eigenvalue weighted by Gasteiger charge is -2.09. The molecule has 104 valence electrons. The smallest absolute Gasteiger partial charge is 0.224 e. The molecule has 3 nitrogen and oxygen atoms in total. The average Bonchev–Trinajstić information content (AvgIpc) is 2.40. The average molecular weight is 269 g/mol. The second kappa shape index (κ2) is 6.24. The van der Waals surface area contributed by atoms with Crippen LogP contribution in [0.3, 0.4) is 0 Å². The molecule has 2 aromatic carbocycles. The van der Waals surface area contributed by atoms with Crippen molar-refractivity contribution >= 4 is 11.6 Å². The summed E-state index contributed by atoms with van der Waals surface area (Å²) in [6.45, 7) is 4.12. The number of phenols is 1. The van der Waals surface area contributed by atoms with Gasteiger partial charge in [0.05, 0.1) is 5.69 Å². The van der Waals surface area contributed by atoms with E-state index in [1.807, 2.05) is 0 Å². The molecule has 1 amide bonds. The van der Waals surface area contributed by atoms with Crippen molar-refractivity contribution < 1.29 is 9.90 Å². The van der Waals surface area contributed by atoms with Gasteiger partial charge in [-0.1, -0.05) is 35.9 Å². The molecule has 0 aliphatic carbocycles. The minimum absolute atomic E-state index is 0.0902. The van der Waals surface area contributed by atoms with E-state index in [2.05, 4.69) is 37.4 Å². The second-order valence-electron chi connectivity index (χ2n) is 5.00. The number of carbonyl (C=O) groups excluding carboxylic acids is 1. The first-order valence-electron chi connectivity index (χ1n) is 6.70. The number of amides is 1. The lowest BCUT2D eigenvalue weighted by molar-refractivity contribution is -0.116. The molecule has 0 atom stereocenters. The molecular weight excluding hydrogens is 250 g/mol. The van der Waals surface area contributed by atoms with Gasteiger partial charge in [-0.05, 0) is 43.5 Å². The van der Waals surface area contributed by atoms with E-state index in [0.29, 0.717) is 18.5 Å². The fraction of sp³-hybridized carbons (Fsp3) is 0.235. The van der Waals surface area contributed by atoms with Crippen LogP contribution in [0.5, 0.6) is 5.75 Å². The molecule has 0 aliphatic rings. The third-order valence-electron chi connectivity index (χ3n) is 3.30. The molecular formula is C17H19NO2. The van der Waals surface area contributed by atoms with Crippen LogP contribution in [0.25, 0.3) is 0 Å². The molecule has 0 saturated heterocycles. The van der Waals surface area contributed by atoms with Gasteiger partial charge in [-0.15, -0.1) is 0 Å². The molecule has 0 fully saturated rings. The summed E-state index contributed by atoms with van der Waals surface area (Å²) in [5.41, 5.74) is 4.08. The van der Waals surface area contributed by atoms with Crippen molar-refractivity contribution in [2.24, 2.45) is 0 Å². The summed E-state index contributed by atoms with van der Waals surface area (Å²) < 4.78 is 0. The minimum atomic E-state index is -0.0912. The first-order chi connectivity index (χ1) is 9.56. The summed E-state index contributed by atoms with van der Waals surface area (Å²) in [5.74, 6) is -0.00107. The van der Waals surface area contributed by atoms with Gasteiger partial charge in [0.1, 0.15) is 5.75 Å². The summed E-state index contributed by atoms with van der Waals surface area (Å²) in [6, 6.07) is 13.0. The molecule has 2 aromatic rings. The number of phenolic OH excluding ortho intramolecular Hbond substituents is 1.